The van der Waals surface area contributed by atoms with E-state index in [0.717, 1.165) is 34.0 Å². The van der Waals surface area contributed by atoms with Crippen LogP contribution >= 0.6 is 23.1 Å². The summed E-state index contributed by atoms with van der Waals surface area (Å²) < 4.78 is 33.1. The fraction of sp³-hybridized carbons (Fsp3) is 0.450. The molecule has 0 unspecified atom stereocenters. The molecule has 1 amide bonds. The molecule has 1 saturated heterocycles. The van der Waals surface area contributed by atoms with Gasteiger partial charge in [-0.05, 0) is 36.4 Å². The van der Waals surface area contributed by atoms with Gasteiger partial charge in [0.05, 0.1) is 12.7 Å². The van der Waals surface area contributed by atoms with Crippen LogP contribution in [0.25, 0.3) is 0 Å². The molecule has 6 nitrogen and oxygen atoms in total. The van der Waals surface area contributed by atoms with Gasteiger partial charge in [0.15, 0.2) is 0 Å². The Labute approximate surface area is 180 Å². The minimum atomic E-state index is -3.65. The summed E-state index contributed by atoms with van der Waals surface area (Å²) in [6.45, 7) is 5.69. The standard InChI is InChI=1S/C20H26N2O4S3/c1-15(2)26-14-17-6-4-3-5-16(17)13-21-20(23)19-18(7-10-28-19)29(24,25)22-8-11-27-12-9-22/h3-7,10,15H,8-9,11-14H2,1-2H3,(H,21,23). The van der Waals surface area contributed by atoms with Gasteiger partial charge in [-0.3, -0.25) is 4.79 Å². The maximum atomic E-state index is 13.0. The number of benzene rings is 1. The van der Waals surface area contributed by atoms with Crippen LogP contribution in [0, 0.1) is 0 Å². The van der Waals surface area contributed by atoms with Crippen LogP contribution < -0.4 is 5.32 Å². The van der Waals surface area contributed by atoms with Gasteiger partial charge in [0.25, 0.3) is 5.91 Å². The second-order valence-corrected chi connectivity index (χ2v) is 11.0. The Hall–Kier alpha value is -1.39. The summed E-state index contributed by atoms with van der Waals surface area (Å²) in [4.78, 5) is 13.1. The molecular formula is C20H26N2O4S3. The number of carbonyl (C=O) groups is 1. The quantitative estimate of drug-likeness (QED) is 0.662. The lowest BCUT2D eigenvalue weighted by atomic mass is 10.1. The Morgan fingerprint density at radius 3 is 2.55 bits per heavy atom. The molecule has 1 N–H and O–H groups in total. The van der Waals surface area contributed by atoms with Gasteiger partial charge in [0, 0.05) is 31.1 Å². The highest BCUT2D eigenvalue weighted by Gasteiger charge is 2.31. The van der Waals surface area contributed by atoms with Crippen molar-refractivity contribution in [3.8, 4) is 0 Å². The number of hydrogen-bond acceptors (Lipinski definition) is 6. The monoisotopic (exact) mass is 454 g/mol. The molecule has 1 aliphatic heterocycles. The van der Waals surface area contributed by atoms with E-state index in [1.54, 1.807) is 17.1 Å². The van der Waals surface area contributed by atoms with E-state index in [0.29, 0.717) is 26.2 Å². The third-order valence-electron chi connectivity index (χ3n) is 4.55. The largest absolute Gasteiger partial charge is 0.374 e. The Morgan fingerprint density at radius 2 is 1.86 bits per heavy atom. The van der Waals surface area contributed by atoms with Crippen LogP contribution in [0.15, 0.2) is 40.6 Å². The third-order valence-corrected chi connectivity index (χ3v) is 8.48. The van der Waals surface area contributed by atoms with E-state index in [4.69, 9.17) is 4.74 Å². The highest BCUT2D eigenvalue weighted by atomic mass is 32.2. The second-order valence-electron chi connectivity index (χ2n) is 6.94. The number of thiophene rings is 1. The molecule has 0 saturated carbocycles. The van der Waals surface area contributed by atoms with E-state index < -0.39 is 10.0 Å². The molecule has 9 heteroatoms. The number of amides is 1. The van der Waals surface area contributed by atoms with Crippen LogP contribution in [0.2, 0.25) is 0 Å². The summed E-state index contributed by atoms with van der Waals surface area (Å²) in [5.41, 5.74) is 1.96. The topological polar surface area (TPSA) is 75.7 Å². The van der Waals surface area contributed by atoms with Gasteiger partial charge >= 0.3 is 0 Å². The number of nitrogens with zero attached hydrogens (tertiary/aromatic N) is 1. The summed E-state index contributed by atoms with van der Waals surface area (Å²) in [6.07, 6.45) is 0.115. The normalized spacial score (nSPS) is 15.6. The maximum Gasteiger partial charge on any atom is 0.263 e. The van der Waals surface area contributed by atoms with Crippen molar-refractivity contribution < 1.29 is 17.9 Å². The molecule has 29 heavy (non-hydrogen) atoms. The maximum absolute atomic E-state index is 13.0. The average molecular weight is 455 g/mol. The smallest absolute Gasteiger partial charge is 0.263 e. The molecule has 1 aliphatic rings. The summed E-state index contributed by atoms with van der Waals surface area (Å²) in [6, 6.07) is 9.29. The fourth-order valence-electron chi connectivity index (χ4n) is 2.98. The molecule has 2 heterocycles. The molecule has 0 atom stereocenters. The fourth-order valence-corrected chi connectivity index (χ4v) is 6.87. The van der Waals surface area contributed by atoms with E-state index in [2.05, 4.69) is 5.32 Å². The first-order chi connectivity index (χ1) is 13.9. The molecule has 2 aromatic rings. The molecule has 1 fully saturated rings. The number of carbonyl (C=O) groups excluding carboxylic acids is 1. The van der Waals surface area contributed by atoms with E-state index in [1.807, 2.05) is 38.1 Å². The summed E-state index contributed by atoms with van der Waals surface area (Å²) in [5.74, 6) is 1.19. The number of rotatable bonds is 8. The first-order valence-corrected chi connectivity index (χ1v) is 13.0. The van der Waals surface area contributed by atoms with Crippen molar-refractivity contribution in [2.24, 2.45) is 0 Å². The van der Waals surface area contributed by atoms with Crippen molar-refractivity contribution in [3.63, 3.8) is 0 Å². The van der Waals surface area contributed by atoms with Gasteiger partial charge in [-0.1, -0.05) is 24.3 Å². The van der Waals surface area contributed by atoms with Crippen molar-refractivity contribution in [2.75, 3.05) is 24.6 Å². The van der Waals surface area contributed by atoms with Crippen LogP contribution in [-0.4, -0.2) is 49.3 Å². The molecule has 1 aromatic heterocycles. The minimum absolute atomic E-state index is 0.100. The van der Waals surface area contributed by atoms with Crippen molar-refractivity contribution in [1.82, 2.24) is 9.62 Å². The lowest BCUT2D eigenvalue weighted by molar-refractivity contribution is 0.0651. The zero-order valence-electron chi connectivity index (χ0n) is 16.6. The lowest BCUT2D eigenvalue weighted by Crippen LogP contribution is -2.38. The van der Waals surface area contributed by atoms with E-state index in [9.17, 15) is 13.2 Å². The van der Waals surface area contributed by atoms with Gasteiger partial charge in [0.1, 0.15) is 9.77 Å². The molecule has 0 aliphatic carbocycles. The number of sulfonamides is 1. The van der Waals surface area contributed by atoms with Crippen molar-refractivity contribution >= 4 is 39.0 Å². The van der Waals surface area contributed by atoms with Crippen LogP contribution in [-0.2, 0) is 27.9 Å². The molecule has 158 valence electrons. The van der Waals surface area contributed by atoms with Gasteiger partial charge in [0.2, 0.25) is 10.0 Å². The van der Waals surface area contributed by atoms with Gasteiger partial charge in [-0.2, -0.15) is 16.1 Å². The molecule has 1 aromatic carbocycles. The molecule has 3 rings (SSSR count). The van der Waals surface area contributed by atoms with Crippen LogP contribution in [0.1, 0.15) is 34.6 Å². The first kappa shape index (κ1) is 22.3. The summed E-state index contributed by atoms with van der Waals surface area (Å²) >= 11 is 2.90. The Bertz CT molecular complexity index is 935. The molecular weight excluding hydrogens is 428 g/mol. The van der Waals surface area contributed by atoms with Gasteiger partial charge < -0.3 is 10.1 Å². The average Bonchev–Trinajstić information content (AvgIpc) is 3.22. The number of ether oxygens (including phenoxy) is 1. The van der Waals surface area contributed by atoms with Crippen molar-refractivity contribution in [1.29, 1.82) is 0 Å². The number of nitrogens with one attached hydrogen (secondary N) is 1. The first-order valence-electron chi connectivity index (χ1n) is 9.51. The van der Waals surface area contributed by atoms with Gasteiger partial charge in [-0.25, -0.2) is 8.42 Å². The molecule has 0 bridgehead atoms. The van der Waals surface area contributed by atoms with Crippen LogP contribution in [0.4, 0.5) is 0 Å². The van der Waals surface area contributed by atoms with E-state index in [1.165, 1.54) is 10.4 Å². The zero-order valence-corrected chi connectivity index (χ0v) is 19.0. The SMILES string of the molecule is CC(C)OCc1ccccc1CNC(=O)c1sccc1S(=O)(=O)N1CCSCC1. The summed E-state index contributed by atoms with van der Waals surface area (Å²) in [7, 11) is -3.65. The predicted octanol–water partition coefficient (Wildman–Crippen LogP) is 3.34. The predicted molar refractivity (Wildman–Crippen MR) is 118 cm³/mol. The third kappa shape index (κ3) is 5.61. The minimum Gasteiger partial charge on any atom is -0.374 e. The van der Waals surface area contributed by atoms with Crippen molar-refractivity contribution in [3.05, 3.63) is 51.7 Å². The number of thioether (sulfide) groups is 1. The van der Waals surface area contributed by atoms with E-state index in [-0.39, 0.29) is 21.8 Å². The van der Waals surface area contributed by atoms with Crippen molar-refractivity contribution in [2.45, 2.75) is 38.0 Å². The van der Waals surface area contributed by atoms with Gasteiger partial charge in [-0.15, -0.1) is 11.3 Å². The second kappa shape index (κ2) is 10.1. The van der Waals surface area contributed by atoms with E-state index >= 15 is 0 Å². The van der Waals surface area contributed by atoms with Crippen LogP contribution in [0.5, 0.6) is 0 Å². The lowest BCUT2D eigenvalue weighted by Gasteiger charge is -2.25. The number of hydrogen-bond donors (Lipinski definition) is 1. The molecule has 0 radical (unpaired) electrons. The Balaban J connectivity index is 1.71. The van der Waals surface area contributed by atoms with Crippen LogP contribution in [0.3, 0.4) is 0 Å². The zero-order chi connectivity index (χ0) is 20.9. The molecule has 0 spiro atoms. The highest BCUT2D eigenvalue weighted by molar-refractivity contribution is 7.99. The Morgan fingerprint density at radius 1 is 1.17 bits per heavy atom. The highest BCUT2D eigenvalue weighted by Crippen LogP contribution is 2.27. The summed E-state index contributed by atoms with van der Waals surface area (Å²) in [5, 5.41) is 4.53. The Kier molecular flexibility index (Phi) is 7.75.